The molecule has 1 aromatic carbocycles. The van der Waals surface area contributed by atoms with Crippen LogP contribution in [0, 0.1) is 6.92 Å². The van der Waals surface area contributed by atoms with Gasteiger partial charge in [0.2, 0.25) is 0 Å². The smallest absolute Gasteiger partial charge is 0.335 e. The molecule has 0 saturated carbocycles. The second-order valence-corrected chi connectivity index (χ2v) is 6.10. The lowest BCUT2D eigenvalue weighted by atomic mass is 9.94. The highest BCUT2D eigenvalue weighted by Crippen LogP contribution is 2.38. The largest absolute Gasteiger partial charge is 0.462 e. The van der Waals surface area contributed by atoms with Gasteiger partial charge in [-0.2, -0.15) is 0 Å². The fourth-order valence-corrected chi connectivity index (χ4v) is 2.51. The zero-order valence-electron chi connectivity index (χ0n) is 13.7. The Kier molecular flexibility index (Phi) is 4.69. The van der Waals surface area contributed by atoms with E-state index in [1.165, 1.54) is 0 Å². The molecule has 2 rings (SSSR count). The SMILES string of the molecule is Cc1ccc2c(c1)C(C(=O)OC(C)C)C(C(=O)OC(C)C)=C2. The van der Waals surface area contributed by atoms with Gasteiger partial charge < -0.3 is 9.47 Å². The van der Waals surface area contributed by atoms with Crippen LogP contribution in [0.15, 0.2) is 23.8 Å². The maximum Gasteiger partial charge on any atom is 0.335 e. The van der Waals surface area contributed by atoms with Crippen LogP contribution in [0.4, 0.5) is 0 Å². The van der Waals surface area contributed by atoms with E-state index < -0.39 is 17.9 Å². The molecule has 1 aromatic rings. The molecule has 0 fully saturated rings. The molecule has 1 aliphatic carbocycles. The van der Waals surface area contributed by atoms with Gasteiger partial charge in [0.25, 0.3) is 0 Å². The number of benzene rings is 1. The van der Waals surface area contributed by atoms with E-state index in [4.69, 9.17) is 9.47 Å². The Labute approximate surface area is 131 Å². The van der Waals surface area contributed by atoms with Gasteiger partial charge in [-0.1, -0.05) is 23.8 Å². The Morgan fingerprint density at radius 3 is 2.27 bits per heavy atom. The molecular formula is C18H22O4. The molecule has 0 aromatic heterocycles. The molecule has 0 saturated heterocycles. The van der Waals surface area contributed by atoms with Gasteiger partial charge in [-0.05, 0) is 51.8 Å². The van der Waals surface area contributed by atoms with Crippen molar-refractivity contribution in [3.63, 3.8) is 0 Å². The Morgan fingerprint density at radius 2 is 1.68 bits per heavy atom. The van der Waals surface area contributed by atoms with E-state index in [1.54, 1.807) is 33.8 Å². The van der Waals surface area contributed by atoms with Crippen molar-refractivity contribution in [1.29, 1.82) is 0 Å². The normalized spacial score (nSPS) is 16.5. The summed E-state index contributed by atoms with van der Waals surface area (Å²) in [5.41, 5.74) is 3.06. The summed E-state index contributed by atoms with van der Waals surface area (Å²) in [5.74, 6) is -1.58. The lowest BCUT2D eigenvalue weighted by molar-refractivity contribution is -0.151. The minimum atomic E-state index is -0.705. The lowest BCUT2D eigenvalue weighted by Crippen LogP contribution is -2.25. The van der Waals surface area contributed by atoms with Gasteiger partial charge in [0.1, 0.15) is 5.92 Å². The summed E-state index contributed by atoms with van der Waals surface area (Å²) in [5, 5.41) is 0. The molecule has 0 N–H and O–H groups in total. The van der Waals surface area contributed by atoms with Gasteiger partial charge >= 0.3 is 11.9 Å². The van der Waals surface area contributed by atoms with Crippen molar-refractivity contribution in [2.45, 2.75) is 52.7 Å². The Morgan fingerprint density at radius 1 is 1.05 bits per heavy atom. The van der Waals surface area contributed by atoms with Crippen LogP contribution < -0.4 is 0 Å². The van der Waals surface area contributed by atoms with Gasteiger partial charge in [0.15, 0.2) is 0 Å². The number of esters is 2. The average molecular weight is 302 g/mol. The molecule has 22 heavy (non-hydrogen) atoms. The molecule has 0 aliphatic heterocycles. The van der Waals surface area contributed by atoms with Gasteiger partial charge in [-0.25, -0.2) is 4.79 Å². The minimum absolute atomic E-state index is 0.233. The third-order valence-electron chi connectivity index (χ3n) is 3.34. The molecule has 0 bridgehead atoms. The van der Waals surface area contributed by atoms with Crippen molar-refractivity contribution < 1.29 is 19.1 Å². The quantitative estimate of drug-likeness (QED) is 0.800. The second-order valence-electron chi connectivity index (χ2n) is 6.10. The van der Waals surface area contributed by atoms with Crippen molar-refractivity contribution >= 4 is 18.0 Å². The highest BCUT2D eigenvalue weighted by molar-refractivity contribution is 6.05. The summed E-state index contributed by atoms with van der Waals surface area (Å²) >= 11 is 0. The molecule has 1 unspecified atom stereocenters. The summed E-state index contributed by atoms with van der Waals surface area (Å²) in [6.45, 7) is 9.10. The van der Waals surface area contributed by atoms with Crippen LogP contribution in [0.2, 0.25) is 0 Å². The van der Waals surface area contributed by atoms with Crippen LogP contribution in [-0.2, 0) is 19.1 Å². The third kappa shape index (κ3) is 3.38. The maximum absolute atomic E-state index is 12.5. The molecule has 4 heteroatoms. The molecular weight excluding hydrogens is 280 g/mol. The topological polar surface area (TPSA) is 52.6 Å². The van der Waals surface area contributed by atoms with E-state index in [0.717, 1.165) is 16.7 Å². The van der Waals surface area contributed by atoms with Crippen molar-refractivity contribution in [3.8, 4) is 0 Å². The highest BCUT2D eigenvalue weighted by atomic mass is 16.5. The van der Waals surface area contributed by atoms with E-state index in [9.17, 15) is 9.59 Å². The highest BCUT2D eigenvalue weighted by Gasteiger charge is 2.37. The average Bonchev–Trinajstić information content (AvgIpc) is 2.75. The first kappa shape index (κ1) is 16.3. The van der Waals surface area contributed by atoms with Crippen LogP contribution in [0.25, 0.3) is 6.08 Å². The Hall–Kier alpha value is -2.10. The first-order chi connectivity index (χ1) is 10.3. The van der Waals surface area contributed by atoms with Gasteiger partial charge in [0, 0.05) is 0 Å². The maximum atomic E-state index is 12.5. The Balaban J connectivity index is 2.40. The predicted molar refractivity (Wildman–Crippen MR) is 84.4 cm³/mol. The molecule has 0 heterocycles. The molecule has 1 atom stereocenters. The summed E-state index contributed by atoms with van der Waals surface area (Å²) < 4.78 is 10.6. The first-order valence-corrected chi connectivity index (χ1v) is 7.53. The lowest BCUT2D eigenvalue weighted by Gasteiger charge is -2.18. The standard InChI is InChI=1S/C18H22O4/c1-10(2)21-17(19)15-9-13-7-6-12(5)8-14(13)16(15)18(20)22-11(3)4/h6-11,16H,1-5H3. The number of rotatable bonds is 4. The minimum Gasteiger partial charge on any atom is -0.462 e. The third-order valence-corrected chi connectivity index (χ3v) is 3.34. The van der Waals surface area contributed by atoms with Crippen LogP contribution >= 0.6 is 0 Å². The molecule has 4 nitrogen and oxygen atoms in total. The second kappa shape index (κ2) is 6.34. The monoisotopic (exact) mass is 302 g/mol. The summed E-state index contributed by atoms with van der Waals surface area (Å²) in [7, 11) is 0. The predicted octanol–water partition coefficient (Wildman–Crippen LogP) is 3.38. The fraction of sp³-hybridized carbons (Fsp3) is 0.444. The van der Waals surface area contributed by atoms with Crippen LogP contribution in [0.5, 0.6) is 0 Å². The van der Waals surface area contributed by atoms with E-state index in [1.807, 2.05) is 25.1 Å². The van der Waals surface area contributed by atoms with E-state index in [0.29, 0.717) is 5.57 Å². The van der Waals surface area contributed by atoms with Gasteiger partial charge in [-0.15, -0.1) is 0 Å². The van der Waals surface area contributed by atoms with Crippen LogP contribution in [0.1, 0.15) is 50.3 Å². The van der Waals surface area contributed by atoms with Crippen LogP contribution in [-0.4, -0.2) is 24.1 Å². The zero-order valence-corrected chi connectivity index (χ0v) is 13.7. The van der Waals surface area contributed by atoms with E-state index in [2.05, 4.69) is 0 Å². The number of carbonyl (C=O) groups is 2. The number of aryl methyl sites for hydroxylation is 1. The molecule has 0 spiro atoms. The fourth-order valence-electron chi connectivity index (χ4n) is 2.51. The summed E-state index contributed by atoms with van der Waals surface area (Å²) in [4.78, 5) is 24.8. The van der Waals surface area contributed by atoms with Gasteiger partial charge in [-0.3, -0.25) is 4.79 Å². The first-order valence-electron chi connectivity index (χ1n) is 7.53. The van der Waals surface area contributed by atoms with Crippen molar-refractivity contribution in [2.24, 2.45) is 0 Å². The Bertz CT molecular complexity index is 626. The number of carbonyl (C=O) groups excluding carboxylic acids is 2. The van der Waals surface area contributed by atoms with Crippen molar-refractivity contribution in [2.75, 3.05) is 0 Å². The number of hydrogen-bond donors (Lipinski definition) is 0. The molecule has 118 valence electrons. The molecule has 0 radical (unpaired) electrons. The number of ether oxygens (including phenoxy) is 2. The number of hydrogen-bond acceptors (Lipinski definition) is 4. The summed E-state index contributed by atoms with van der Waals surface area (Å²) in [6, 6.07) is 5.79. The van der Waals surface area contributed by atoms with E-state index >= 15 is 0 Å². The van der Waals surface area contributed by atoms with Crippen molar-refractivity contribution in [3.05, 3.63) is 40.5 Å². The number of fused-ring (bicyclic) bond motifs is 1. The van der Waals surface area contributed by atoms with Crippen molar-refractivity contribution in [1.82, 2.24) is 0 Å². The zero-order chi connectivity index (χ0) is 16.4. The summed E-state index contributed by atoms with van der Waals surface area (Å²) in [6.07, 6.45) is 1.26. The van der Waals surface area contributed by atoms with Crippen LogP contribution in [0.3, 0.4) is 0 Å². The molecule has 0 amide bonds. The van der Waals surface area contributed by atoms with E-state index in [-0.39, 0.29) is 12.2 Å². The van der Waals surface area contributed by atoms with Gasteiger partial charge in [0.05, 0.1) is 17.8 Å². The molecule has 1 aliphatic rings.